The van der Waals surface area contributed by atoms with E-state index in [1.54, 1.807) is 21.1 Å². The van der Waals surface area contributed by atoms with Crippen molar-refractivity contribution in [2.75, 3.05) is 27.4 Å². The molecule has 256 valence electrons. The van der Waals surface area contributed by atoms with Crippen LogP contribution in [0.3, 0.4) is 0 Å². The first-order valence-electron chi connectivity index (χ1n) is 17.5. The number of unbranched alkanes of at least 4 members (excludes halogenated alkanes) is 1. The van der Waals surface area contributed by atoms with Crippen LogP contribution in [0.2, 0.25) is 0 Å². The van der Waals surface area contributed by atoms with Crippen LogP contribution in [-0.4, -0.2) is 33.4 Å². The first-order valence-corrected chi connectivity index (χ1v) is 17.5. The summed E-state index contributed by atoms with van der Waals surface area (Å²) in [6, 6.07) is 38.9. The summed E-state index contributed by atoms with van der Waals surface area (Å²) >= 11 is 0. The van der Waals surface area contributed by atoms with Crippen molar-refractivity contribution >= 4 is 38.3 Å². The van der Waals surface area contributed by atoms with Gasteiger partial charge in [0.05, 0.1) is 14.2 Å². The molecule has 0 spiro atoms. The Hall–Kier alpha value is -5.81. The molecule has 0 unspecified atom stereocenters. The molecule has 0 saturated heterocycles. The Balaban J connectivity index is 1.41. The topological polar surface area (TPSA) is 54.0 Å². The molecule has 0 saturated carbocycles. The number of methoxy groups -OCH3 is 2. The first kappa shape index (κ1) is 33.7. The van der Waals surface area contributed by atoms with Crippen LogP contribution in [0.5, 0.6) is 17.2 Å². The number of hydrogen-bond donors (Lipinski definition) is 0. The van der Waals surface area contributed by atoms with Gasteiger partial charge in [0, 0.05) is 5.57 Å². The van der Waals surface area contributed by atoms with Gasteiger partial charge in [-0.15, -0.1) is 0 Å². The van der Waals surface area contributed by atoms with Gasteiger partial charge in [0.2, 0.25) is 0 Å². The summed E-state index contributed by atoms with van der Waals surface area (Å²) in [5.41, 5.74) is 8.69. The van der Waals surface area contributed by atoms with Gasteiger partial charge < -0.3 is 18.9 Å². The molecule has 0 heterocycles. The van der Waals surface area contributed by atoms with Crippen molar-refractivity contribution in [1.82, 2.24) is 0 Å². The van der Waals surface area contributed by atoms with Crippen LogP contribution in [0.15, 0.2) is 121 Å². The van der Waals surface area contributed by atoms with Crippen molar-refractivity contribution in [3.63, 3.8) is 0 Å². The molecule has 0 aromatic heterocycles. The van der Waals surface area contributed by atoms with Gasteiger partial charge >= 0.3 is 5.97 Å². The van der Waals surface area contributed by atoms with Gasteiger partial charge in [-0.3, -0.25) is 0 Å². The zero-order valence-corrected chi connectivity index (χ0v) is 29.7. The van der Waals surface area contributed by atoms with Crippen molar-refractivity contribution in [2.45, 2.75) is 33.1 Å². The van der Waals surface area contributed by atoms with E-state index < -0.39 is 5.97 Å². The summed E-state index contributed by atoms with van der Waals surface area (Å²) in [4.78, 5) is 11.7. The smallest absolute Gasteiger partial charge is 0.333 e. The molecule has 5 nitrogen and oxygen atoms in total. The number of hydrogen-bond acceptors (Lipinski definition) is 5. The summed E-state index contributed by atoms with van der Waals surface area (Å²) in [5, 5.41) is 7.53. The average Bonchev–Trinajstić information content (AvgIpc) is 3.17. The highest BCUT2D eigenvalue weighted by atomic mass is 16.6. The molecule has 7 rings (SSSR count). The summed E-state index contributed by atoms with van der Waals surface area (Å²) in [5.74, 6) is 1.98. The molecule has 0 amide bonds. The average molecular weight is 675 g/mol. The number of aryl methyl sites for hydroxylation is 1. The summed E-state index contributed by atoms with van der Waals surface area (Å²) in [7, 11) is 3.40. The normalized spacial score (nSPS) is 11.3. The van der Waals surface area contributed by atoms with Crippen LogP contribution in [0.4, 0.5) is 0 Å². The highest BCUT2D eigenvalue weighted by Crippen LogP contribution is 2.47. The third kappa shape index (κ3) is 6.60. The van der Waals surface area contributed by atoms with Gasteiger partial charge in [-0.25, -0.2) is 4.79 Å². The molecule has 7 aromatic carbocycles. The fourth-order valence-corrected chi connectivity index (χ4v) is 7.05. The molecule has 0 aliphatic rings. The number of carbonyl (C=O) groups excluding carboxylic acids is 1. The lowest BCUT2D eigenvalue weighted by molar-refractivity contribution is -0.139. The monoisotopic (exact) mass is 674 g/mol. The Morgan fingerprint density at radius 3 is 1.51 bits per heavy atom. The van der Waals surface area contributed by atoms with E-state index in [4.69, 9.17) is 18.9 Å². The maximum absolute atomic E-state index is 11.7. The molecule has 7 aromatic rings. The second kappa shape index (κ2) is 14.6. The zero-order valence-electron chi connectivity index (χ0n) is 29.7. The first-order chi connectivity index (χ1) is 24.9. The molecule has 0 aliphatic heterocycles. The molecule has 0 radical (unpaired) electrons. The van der Waals surface area contributed by atoms with Crippen molar-refractivity contribution in [1.29, 1.82) is 0 Å². The Kier molecular flexibility index (Phi) is 9.63. The van der Waals surface area contributed by atoms with Gasteiger partial charge in [-0.05, 0) is 140 Å². The predicted molar refractivity (Wildman–Crippen MR) is 209 cm³/mol. The quantitative estimate of drug-likeness (QED) is 0.0527. The molecule has 51 heavy (non-hydrogen) atoms. The minimum absolute atomic E-state index is 0.167. The minimum atomic E-state index is -0.408. The van der Waals surface area contributed by atoms with Crippen LogP contribution in [-0.2, 0) is 16.0 Å². The fraction of sp³-hybridized carbons (Fsp3) is 0.196. The van der Waals surface area contributed by atoms with Crippen LogP contribution in [0.1, 0.15) is 32.3 Å². The van der Waals surface area contributed by atoms with E-state index in [0.717, 1.165) is 53.2 Å². The van der Waals surface area contributed by atoms with Crippen LogP contribution in [0, 0.1) is 0 Å². The summed E-state index contributed by atoms with van der Waals surface area (Å²) in [6.45, 7) is 7.94. The van der Waals surface area contributed by atoms with E-state index >= 15 is 0 Å². The van der Waals surface area contributed by atoms with Crippen molar-refractivity contribution < 1.29 is 23.7 Å². The van der Waals surface area contributed by atoms with Gasteiger partial charge in [0.15, 0.2) is 0 Å². The van der Waals surface area contributed by atoms with Crippen molar-refractivity contribution in [2.24, 2.45) is 0 Å². The number of carbonyl (C=O) groups is 1. The Morgan fingerprint density at radius 1 is 0.588 bits per heavy atom. The second-order valence-electron chi connectivity index (χ2n) is 13.0. The zero-order chi connectivity index (χ0) is 35.5. The Bertz CT molecular complexity index is 2270. The highest BCUT2D eigenvalue weighted by Gasteiger charge is 2.20. The van der Waals surface area contributed by atoms with Gasteiger partial charge in [0.1, 0.15) is 30.5 Å². The summed E-state index contributed by atoms with van der Waals surface area (Å²) < 4.78 is 22.1. The standard InChI is InChI=1S/C46H42O5/c1-6-7-8-33-27-41(30-13-19-36(20-14-30)50-25-26-51-46(47)29(2)3)38-23-24-40-43(32-11-17-35(49-5)18-12-32)28-42(31-9-15-34(48-4)16-10-31)39-22-21-37(33)44(38)45(39)40/h9-24,27-28H,2,6-8,25-26H2,1,3-5H3. The van der Waals surface area contributed by atoms with E-state index in [-0.39, 0.29) is 13.2 Å². The highest BCUT2D eigenvalue weighted by molar-refractivity contribution is 6.30. The van der Waals surface area contributed by atoms with Crippen LogP contribution >= 0.6 is 0 Å². The van der Waals surface area contributed by atoms with Crippen LogP contribution < -0.4 is 14.2 Å². The largest absolute Gasteiger partial charge is 0.497 e. The maximum atomic E-state index is 11.7. The number of rotatable bonds is 13. The van der Waals surface area contributed by atoms with Gasteiger partial charge in [-0.1, -0.05) is 80.6 Å². The lowest BCUT2D eigenvalue weighted by Crippen LogP contribution is -2.12. The maximum Gasteiger partial charge on any atom is 0.333 e. The van der Waals surface area contributed by atoms with Crippen molar-refractivity contribution in [3.8, 4) is 50.6 Å². The van der Waals surface area contributed by atoms with E-state index in [9.17, 15) is 4.79 Å². The molecular weight excluding hydrogens is 633 g/mol. The summed E-state index contributed by atoms with van der Waals surface area (Å²) in [6.07, 6.45) is 3.23. The third-order valence-corrected chi connectivity index (χ3v) is 9.69. The lowest BCUT2D eigenvalue weighted by Gasteiger charge is -2.21. The van der Waals surface area contributed by atoms with E-state index in [0.29, 0.717) is 5.57 Å². The molecule has 0 aliphatic carbocycles. The lowest BCUT2D eigenvalue weighted by atomic mass is 9.82. The van der Waals surface area contributed by atoms with Gasteiger partial charge in [0.25, 0.3) is 0 Å². The van der Waals surface area contributed by atoms with E-state index in [2.05, 4.69) is 86.3 Å². The van der Waals surface area contributed by atoms with Crippen LogP contribution in [0.25, 0.3) is 65.7 Å². The predicted octanol–water partition coefficient (Wildman–Crippen LogP) is 11.4. The molecule has 0 fully saturated rings. The second-order valence-corrected chi connectivity index (χ2v) is 13.0. The Labute approximate surface area is 299 Å². The molecule has 5 heteroatoms. The third-order valence-electron chi connectivity index (χ3n) is 9.69. The molecule has 0 bridgehead atoms. The number of esters is 1. The Morgan fingerprint density at radius 2 is 1.04 bits per heavy atom. The number of benzene rings is 7. The SMILES string of the molecule is C=C(C)C(=O)OCCOc1ccc(-c2cc(CCCC)c3ccc4c(-c5ccc(OC)cc5)cc(-c5ccc(OC)cc5)c5ccc2c3c45)cc1. The molecule has 0 atom stereocenters. The van der Waals surface area contributed by atoms with Crippen molar-refractivity contribution in [3.05, 3.63) is 127 Å². The number of ether oxygens (including phenoxy) is 4. The fourth-order valence-electron chi connectivity index (χ4n) is 7.05. The minimum Gasteiger partial charge on any atom is -0.497 e. The van der Waals surface area contributed by atoms with E-state index in [1.807, 2.05) is 36.4 Å². The van der Waals surface area contributed by atoms with E-state index in [1.165, 1.54) is 54.6 Å². The van der Waals surface area contributed by atoms with Gasteiger partial charge in [-0.2, -0.15) is 0 Å². The molecule has 0 N–H and O–H groups in total. The molecular formula is C46H42O5.